The lowest BCUT2D eigenvalue weighted by Gasteiger charge is -2.45. The van der Waals surface area contributed by atoms with Crippen molar-refractivity contribution in [3.8, 4) is 11.6 Å². The Balaban J connectivity index is 1.38. The molecule has 1 fully saturated rings. The normalized spacial score (nSPS) is 20.3. The Morgan fingerprint density at radius 3 is 2.14 bits per heavy atom. The lowest BCUT2D eigenvalue weighted by Crippen LogP contribution is -2.68. The molecule has 0 aliphatic heterocycles. The van der Waals surface area contributed by atoms with Crippen LogP contribution in [0.3, 0.4) is 0 Å². The molecule has 258 valence electrons. The largest absolute Gasteiger partial charge is 0.481 e. The zero-order valence-electron chi connectivity index (χ0n) is 29.1. The Kier molecular flexibility index (Phi) is 10.2. The summed E-state index contributed by atoms with van der Waals surface area (Å²) >= 11 is 0. The van der Waals surface area contributed by atoms with Crippen molar-refractivity contribution in [3.05, 3.63) is 138 Å². The Morgan fingerprint density at radius 2 is 1.56 bits per heavy atom. The molecule has 0 amide bonds. The average molecular weight is 707 g/mol. The molecule has 2 aliphatic carbocycles. The van der Waals surface area contributed by atoms with Crippen molar-refractivity contribution in [2.24, 2.45) is 5.92 Å². The smallest absolute Gasteiger partial charge is 0.305 e. The number of hydrogen-bond donors (Lipinski definition) is 1. The molecular formula is C42H44FO5PSi. The summed E-state index contributed by atoms with van der Waals surface area (Å²) in [6, 6.07) is 34.8. The Hall–Kier alpha value is -4.05. The minimum atomic E-state index is -3.70. The van der Waals surface area contributed by atoms with E-state index in [0.717, 1.165) is 46.3 Å². The van der Waals surface area contributed by atoms with E-state index in [0.29, 0.717) is 0 Å². The summed E-state index contributed by atoms with van der Waals surface area (Å²) in [5, 5.41) is 11.7. The second kappa shape index (κ2) is 14.3. The van der Waals surface area contributed by atoms with E-state index < -0.39 is 38.2 Å². The van der Waals surface area contributed by atoms with Gasteiger partial charge in [0.05, 0.1) is 18.7 Å². The third-order valence-electron chi connectivity index (χ3n) is 10.3. The van der Waals surface area contributed by atoms with Gasteiger partial charge in [0.25, 0.3) is 15.7 Å². The van der Waals surface area contributed by atoms with Gasteiger partial charge in [-0.1, -0.05) is 136 Å². The fourth-order valence-corrected chi connectivity index (χ4v) is 14.3. The molecule has 5 nitrogen and oxygen atoms in total. The predicted molar refractivity (Wildman–Crippen MR) is 201 cm³/mol. The number of halogens is 1. The minimum Gasteiger partial charge on any atom is -0.481 e. The van der Waals surface area contributed by atoms with Crippen LogP contribution in [0.1, 0.15) is 63.1 Å². The number of carboxylic acids is 1. The third-order valence-corrected chi connectivity index (χ3v) is 17.3. The highest BCUT2D eigenvalue weighted by atomic mass is 31.2. The molecule has 6 rings (SSSR count). The van der Waals surface area contributed by atoms with Crippen LogP contribution in [0, 0.1) is 23.3 Å². The molecule has 3 unspecified atom stereocenters. The molecule has 4 aromatic carbocycles. The van der Waals surface area contributed by atoms with E-state index in [4.69, 9.17) is 8.95 Å². The predicted octanol–water partition coefficient (Wildman–Crippen LogP) is 8.61. The summed E-state index contributed by atoms with van der Waals surface area (Å²) in [5.74, 6) is 1.95. The van der Waals surface area contributed by atoms with Crippen LogP contribution in [0.2, 0.25) is 5.04 Å². The van der Waals surface area contributed by atoms with E-state index in [2.05, 4.69) is 50.6 Å². The van der Waals surface area contributed by atoms with E-state index in [1.54, 1.807) is 12.1 Å². The van der Waals surface area contributed by atoms with Crippen molar-refractivity contribution < 1.29 is 27.8 Å². The molecule has 4 atom stereocenters. The molecule has 2 aliphatic rings. The molecule has 0 saturated heterocycles. The molecule has 8 heteroatoms. The fourth-order valence-electron chi connectivity index (χ4n) is 8.02. The highest BCUT2D eigenvalue weighted by Gasteiger charge is 2.52. The minimum absolute atomic E-state index is 0.138. The van der Waals surface area contributed by atoms with Crippen molar-refractivity contribution in [3.63, 3.8) is 0 Å². The number of rotatable bonds is 10. The van der Waals surface area contributed by atoms with E-state index in [-0.39, 0.29) is 24.3 Å². The number of carbonyl (C=O) groups is 1. The molecular weight excluding hydrogens is 663 g/mol. The first-order chi connectivity index (χ1) is 23.9. The molecule has 1 N–H and O–H groups in total. The SMILES string of the molecule is COP(=O)(C#CC1CCCC12C=C(c1ccc(F)cc1)c1ccccc12)C[C@H](CC(=O)O)O[Si](c1ccccc1)(c1ccccc1)C(C)(C)C. The van der Waals surface area contributed by atoms with E-state index in [1.807, 2.05) is 72.8 Å². The van der Waals surface area contributed by atoms with Gasteiger partial charge in [0.2, 0.25) is 0 Å². The summed E-state index contributed by atoms with van der Waals surface area (Å²) in [4.78, 5) is 12.4. The third kappa shape index (κ3) is 6.83. The molecule has 0 heterocycles. The van der Waals surface area contributed by atoms with Crippen LogP contribution in [0.4, 0.5) is 4.39 Å². The van der Waals surface area contributed by atoms with Crippen LogP contribution in [0.15, 0.2) is 115 Å². The Bertz CT molecular complexity index is 1940. The lowest BCUT2D eigenvalue weighted by molar-refractivity contribution is -0.138. The van der Waals surface area contributed by atoms with Crippen LogP contribution >= 0.6 is 7.37 Å². The van der Waals surface area contributed by atoms with Crippen LogP contribution in [0.25, 0.3) is 5.57 Å². The fraction of sp³-hybridized carbons (Fsp3) is 0.310. The molecule has 1 saturated carbocycles. The van der Waals surface area contributed by atoms with Gasteiger partial charge in [-0.2, -0.15) is 0 Å². The summed E-state index contributed by atoms with van der Waals surface area (Å²) in [6.45, 7) is 6.37. The summed E-state index contributed by atoms with van der Waals surface area (Å²) in [6.07, 6.45) is 3.49. The molecule has 50 heavy (non-hydrogen) atoms. The first-order valence-electron chi connectivity index (χ1n) is 17.2. The van der Waals surface area contributed by atoms with Crippen LogP contribution in [-0.4, -0.2) is 38.8 Å². The Labute approximate surface area is 296 Å². The number of benzene rings is 4. The Morgan fingerprint density at radius 1 is 0.960 bits per heavy atom. The van der Waals surface area contributed by atoms with Gasteiger partial charge >= 0.3 is 5.97 Å². The lowest BCUT2D eigenvalue weighted by atomic mass is 9.74. The molecule has 1 spiro atoms. The molecule has 0 aromatic heterocycles. The standard InChI is InChI=1S/C42H44FO5PSi/c1-41(2,3)50(35-15-7-5-8-16-35,36-17-9-6-10-18-36)48-34(28-40(44)45)30-49(46,47-4)27-25-32-14-13-26-42(32)29-38(31-21-23-33(43)24-22-31)37-19-11-12-20-39(37)42/h5-12,15-24,29,32,34H,13-14,26,28,30H2,1-4H3,(H,44,45)/t32?,34-,42?,49?/m0/s1. The summed E-state index contributed by atoms with van der Waals surface area (Å²) in [7, 11) is -5.48. The van der Waals surface area contributed by atoms with E-state index in [9.17, 15) is 18.9 Å². The van der Waals surface area contributed by atoms with E-state index in [1.165, 1.54) is 24.8 Å². The monoisotopic (exact) mass is 706 g/mol. The van der Waals surface area contributed by atoms with Gasteiger partial charge in [0.1, 0.15) is 5.82 Å². The van der Waals surface area contributed by atoms with Crippen molar-refractivity contribution >= 4 is 37.6 Å². The number of carboxylic acid groups (broad SMARTS) is 1. The van der Waals surface area contributed by atoms with Gasteiger partial charge in [0, 0.05) is 18.4 Å². The highest BCUT2D eigenvalue weighted by Crippen LogP contribution is 2.56. The zero-order chi connectivity index (χ0) is 35.6. The zero-order valence-corrected chi connectivity index (χ0v) is 31.0. The van der Waals surface area contributed by atoms with Gasteiger partial charge in [0.15, 0.2) is 0 Å². The number of aliphatic carboxylic acids is 1. The second-order valence-corrected chi connectivity index (χ2v) is 20.9. The maximum atomic E-state index is 14.6. The van der Waals surface area contributed by atoms with Crippen molar-refractivity contribution in [2.45, 2.75) is 63.0 Å². The van der Waals surface area contributed by atoms with Gasteiger partial charge in [-0.05, 0) is 68.3 Å². The van der Waals surface area contributed by atoms with Crippen LogP contribution in [0.5, 0.6) is 0 Å². The first kappa shape index (κ1) is 35.8. The quantitative estimate of drug-likeness (QED) is 0.102. The van der Waals surface area contributed by atoms with Crippen molar-refractivity contribution in [1.82, 2.24) is 0 Å². The molecule has 0 bridgehead atoms. The number of allylic oxidation sites excluding steroid dienone is 1. The first-order valence-corrected chi connectivity index (χ1v) is 20.9. The second-order valence-electron chi connectivity index (χ2n) is 14.4. The number of fused-ring (bicyclic) bond motifs is 2. The highest BCUT2D eigenvalue weighted by molar-refractivity contribution is 7.64. The maximum absolute atomic E-state index is 14.6. The summed E-state index contributed by atoms with van der Waals surface area (Å²) < 4.78 is 41.3. The molecule has 0 radical (unpaired) electrons. The number of hydrogen-bond acceptors (Lipinski definition) is 4. The van der Waals surface area contributed by atoms with Gasteiger partial charge in [-0.15, -0.1) is 0 Å². The summed E-state index contributed by atoms with van der Waals surface area (Å²) in [5.41, 5.74) is 6.95. The topological polar surface area (TPSA) is 72.8 Å². The van der Waals surface area contributed by atoms with Crippen molar-refractivity contribution in [1.29, 1.82) is 0 Å². The van der Waals surface area contributed by atoms with E-state index >= 15 is 0 Å². The maximum Gasteiger partial charge on any atom is 0.305 e. The van der Waals surface area contributed by atoms with Crippen LogP contribution < -0.4 is 10.4 Å². The average Bonchev–Trinajstić information content (AvgIpc) is 3.67. The van der Waals surface area contributed by atoms with Gasteiger partial charge < -0.3 is 14.1 Å². The molecule has 4 aromatic rings. The van der Waals surface area contributed by atoms with Crippen molar-refractivity contribution in [2.75, 3.05) is 13.3 Å². The van der Waals surface area contributed by atoms with Gasteiger partial charge in [-0.3, -0.25) is 9.36 Å². The van der Waals surface area contributed by atoms with Crippen LogP contribution in [-0.2, 0) is 23.7 Å². The van der Waals surface area contributed by atoms with Gasteiger partial charge in [-0.25, -0.2) is 4.39 Å².